The zero-order chi connectivity index (χ0) is 22.4. The van der Waals surface area contributed by atoms with Gasteiger partial charge in [-0.05, 0) is 49.9 Å². The van der Waals surface area contributed by atoms with Crippen LogP contribution in [0, 0.1) is 0 Å². The van der Waals surface area contributed by atoms with Gasteiger partial charge in [0.15, 0.2) is 0 Å². The van der Waals surface area contributed by atoms with Gasteiger partial charge in [-0.15, -0.1) is 0 Å². The first-order valence-electron chi connectivity index (χ1n) is 10.3. The lowest BCUT2D eigenvalue weighted by molar-refractivity contribution is -0.121. The molecule has 0 unspecified atom stereocenters. The lowest BCUT2D eigenvalue weighted by Gasteiger charge is -2.30. The van der Waals surface area contributed by atoms with Crippen molar-refractivity contribution in [2.75, 3.05) is 42.3 Å². The summed E-state index contributed by atoms with van der Waals surface area (Å²) in [6, 6.07) is 14.0. The smallest absolute Gasteiger partial charge is 0.241 e. The Bertz CT molecular complexity index is 945. The molecular formula is C23H28N4O4. The average Bonchev–Trinajstić information content (AvgIpc) is 2.87. The van der Waals surface area contributed by atoms with E-state index in [2.05, 4.69) is 10.6 Å². The molecule has 0 aliphatic carbocycles. The van der Waals surface area contributed by atoms with Crippen LogP contribution >= 0.6 is 0 Å². The Morgan fingerprint density at radius 3 is 2.55 bits per heavy atom. The third-order valence-electron chi connectivity index (χ3n) is 5.18. The van der Waals surface area contributed by atoms with Crippen molar-refractivity contribution in [2.45, 2.75) is 26.3 Å². The zero-order valence-corrected chi connectivity index (χ0v) is 18.1. The summed E-state index contributed by atoms with van der Waals surface area (Å²) < 4.78 is 5.12. The van der Waals surface area contributed by atoms with E-state index in [9.17, 15) is 14.4 Å². The second-order valence-corrected chi connectivity index (χ2v) is 7.46. The summed E-state index contributed by atoms with van der Waals surface area (Å²) in [6.07, 6.45) is 0.213. The van der Waals surface area contributed by atoms with Gasteiger partial charge in [0.05, 0.1) is 31.6 Å². The van der Waals surface area contributed by atoms with Crippen LogP contribution in [0.2, 0.25) is 0 Å². The van der Waals surface area contributed by atoms with Gasteiger partial charge in [0.2, 0.25) is 17.7 Å². The quantitative estimate of drug-likeness (QED) is 0.713. The Morgan fingerprint density at radius 1 is 1.16 bits per heavy atom. The number of likely N-dealkylation sites (N-methyl/N-ethyl adjacent to an activating group) is 1. The third-order valence-corrected chi connectivity index (χ3v) is 5.18. The van der Waals surface area contributed by atoms with Crippen LogP contribution < -0.4 is 20.3 Å². The van der Waals surface area contributed by atoms with E-state index in [1.165, 1.54) is 0 Å². The molecule has 2 aromatic carbocycles. The number of nitrogens with one attached hydrogen (secondary N) is 2. The predicted octanol–water partition coefficient (Wildman–Crippen LogP) is 2.72. The fourth-order valence-electron chi connectivity index (χ4n) is 3.59. The Labute approximate surface area is 182 Å². The maximum atomic E-state index is 13.2. The molecule has 0 spiro atoms. The minimum Gasteiger partial charge on any atom is -0.497 e. The van der Waals surface area contributed by atoms with Gasteiger partial charge in [-0.25, -0.2) is 0 Å². The van der Waals surface area contributed by atoms with Crippen LogP contribution in [0.1, 0.15) is 20.3 Å². The fraction of sp³-hybridized carbons (Fsp3) is 0.348. The van der Waals surface area contributed by atoms with Crippen LogP contribution in [-0.4, -0.2) is 55.4 Å². The average molecular weight is 425 g/mol. The van der Waals surface area contributed by atoms with Crippen molar-refractivity contribution in [1.82, 2.24) is 4.90 Å². The summed E-state index contributed by atoms with van der Waals surface area (Å²) in [6.45, 7) is 4.43. The van der Waals surface area contributed by atoms with Crippen LogP contribution in [0.4, 0.5) is 17.1 Å². The molecule has 2 aromatic rings. The van der Waals surface area contributed by atoms with Gasteiger partial charge in [0, 0.05) is 18.2 Å². The highest BCUT2D eigenvalue weighted by atomic mass is 16.5. The van der Waals surface area contributed by atoms with Gasteiger partial charge < -0.3 is 20.3 Å². The normalized spacial score (nSPS) is 15.7. The van der Waals surface area contributed by atoms with E-state index in [1.807, 2.05) is 32.0 Å². The van der Waals surface area contributed by atoms with Gasteiger partial charge in [0.1, 0.15) is 5.75 Å². The van der Waals surface area contributed by atoms with Crippen molar-refractivity contribution >= 4 is 34.8 Å². The number of methoxy groups -OCH3 is 1. The summed E-state index contributed by atoms with van der Waals surface area (Å²) in [5.41, 5.74) is 1.95. The second-order valence-electron chi connectivity index (χ2n) is 7.46. The van der Waals surface area contributed by atoms with Crippen LogP contribution in [0.3, 0.4) is 0 Å². The molecule has 1 aliphatic heterocycles. The minimum absolute atomic E-state index is 0.0688. The first kappa shape index (κ1) is 22.3. The molecule has 0 radical (unpaired) electrons. The largest absolute Gasteiger partial charge is 0.497 e. The number of ether oxygens (including phenoxy) is 1. The molecule has 0 aromatic heterocycles. The van der Waals surface area contributed by atoms with E-state index < -0.39 is 0 Å². The number of benzene rings is 2. The number of nitrogens with zero attached hydrogens (tertiary/aromatic N) is 2. The van der Waals surface area contributed by atoms with Crippen LogP contribution in [0.5, 0.6) is 5.75 Å². The lowest BCUT2D eigenvalue weighted by atomic mass is 10.1. The highest BCUT2D eigenvalue weighted by Gasteiger charge is 2.30. The molecule has 0 saturated heterocycles. The van der Waals surface area contributed by atoms with Crippen molar-refractivity contribution < 1.29 is 19.1 Å². The maximum Gasteiger partial charge on any atom is 0.241 e. The van der Waals surface area contributed by atoms with Crippen LogP contribution in [0.25, 0.3) is 0 Å². The van der Waals surface area contributed by atoms with Crippen molar-refractivity contribution in [3.63, 3.8) is 0 Å². The van der Waals surface area contributed by atoms with E-state index >= 15 is 0 Å². The minimum atomic E-state index is -0.289. The van der Waals surface area contributed by atoms with E-state index in [4.69, 9.17) is 4.74 Å². The molecule has 31 heavy (non-hydrogen) atoms. The van der Waals surface area contributed by atoms with Crippen molar-refractivity contribution in [3.8, 4) is 5.75 Å². The summed E-state index contributed by atoms with van der Waals surface area (Å²) in [5, 5.41) is 5.69. The Hall–Kier alpha value is -3.39. The molecule has 1 aliphatic rings. The standard InChI is InChI=1S/C23H28N4O4/c1-4-26(14-22(29)24-17-9-11-18(31-3)12-10-17)15-23(30)27-16(2)13-21(28)25-19-7-5-6-8-20(19)27/h5-12,16H,4,13-15H2,1-3H3,(H,24,29)(H,25,28)/t16-/m1/s1. The van der Waals surface area contributed by atoms with Gasteiger partial charge in [-0.2, -0.15) is 0 Å². The molecule has 3 rings (SSSR count). The zero-order valence-electron chi connectivity index (χ0n) is 18.1. The van der Waals surface area contributed by atoms with Crippen LogP contribution in [-0.2, 0) is 14.4 Å². The molecule has 3 amide bonds. The number of carbonyl (C=O) groups excluding carboxylic acids is 3. The highest BCUT2D eigenvalue weighted by Crippen LogP contribution is 2.31. The SMILES string of the molecule is CCN(CC(=O)Nc1ccc(OC)cc1)CC(=O)N1c2ccccc2NC(=O)C[C@H]1C. The Kier molecular flexibility index (Phi) is 7.25. The number of fused-ring (bicyclic) bond motifs is 1. The van der Waals surface area contributed by atoms with E-state index in [0.29, 0.717) is 29.4 Å². The van der Waals surface area contributed by atoms with Crippen molar-refractivity contribution in [3.05, 3.63) is 48.5 Å². The van der Waals surface area contributed by atoms with E-state index in [-0.39, 0.29) is 43.3 Å². The molecule has 8 nitrogen and oxygen atoms in total. The maximum absolute atomic E-state index is 13.2. The van der Waals surface area contributed by atoms with Crippen molar-refractivity contribution in [1.29, 1.82) is 0 Å². The number of rotatable bonds is 7. The molecule has 0 bridgehead atoms. The second kappa shape index (κ2) is 10.1. The van der Waals surface area contributed by atoms with Crippen molar-refractivity contribution in [2.24, 2.45) is 0 Å². The molecule has 0 saturated carbocycles. The predicted molar refractivity (Wildman–Crippen MR) is 120 cm³/mol. The lowest BCUT2D eigenvalue weighted by Crippen LogP contribution is -2.46. The Balaban J connectivity index is 1.67. The molecule has 0 fully saturated rings. The fourth-order valence-corrected chi connectivity index (χ4v) is 3.59. The number of carbonyl (C=O) groups is 3. The molecule has 8 heteroatoms. The summed E-state index contributed by atoms with van der Waals surface area (Å²) in [5.74, 6) is 0.219. The van der Waals surface area contributed by atoms with Gasteiger partial charge >= 0.3 is 0 Å². The van der Waals surface area contributed by atoms with Gasteiger partial charge in [-0.1, -0.05) is 19.1 Å². The first-order valence-corrected chi connectivity index (χ1v) is 10.3. The molecule has 2 N–H and O–H groups in total. The molecule has 164 valence electrons. The van der Waals surface area contributed by atoms with E-state index in [0.717, 1.165) is 0 Å². The van der Waals surface area contributed by atoms with Crippen LogP contribution in [0.15, 0.2) is 48.5 Å². The number of hydrogen-bond donors (Lipinski definition) is 2. The summed E-state index contributed by atoms with van der Waals surface area (Å²) in [7, 11) is 1.58. The first-order chi connectivity index (χ1) is 14.9. The van der Waals surface area contributed by atoms with Gasteiger partial charge in [-0.3, -0.25) is 19.3 Å². The number of hydrogen-bond acceptors (Lipinski definition) is 5. The summed E-state index contributed by atoms with van der Waals surface area (Å²) in [4.78, 5) is 41.3. The Morgan fingerprint density at radius 2 is 1.87 bits per heavy atom. The number of anilines is 3. The molecular weight excluding hydrogens is 396 g/mol. The molecule has 1 atom stereocenters. The number of amides is 3. The highest BCUT2D eigenvalue weighted by molar-refractivity contribution is 6.05. The summed E-state index contributed by atoms with van der Waals surface area (Å²) >= 11 is 0. The monoisotopic (exact) mass is 424 g/mol. The molecule has 1 heterocycles. The van der Waals surface area contributed by atoms with Gasteiger partial charge in [0.25, 0.3) is 0 Å². The van der Waals surface area contributed by atoms with E-state index in [1.54, 1.807) is 47.2 Å². The third kappa shape index (κ3) is 5.61. The topological polar surface area (TPSA) is 91.0 Å². The number of para-hydroxylation sites is 2.